The number of hydrogen-bond acceptors (Lipinski definition) is 8. The van der Waals surface area contributed by atoms with E-state index in [1.807, 2.05) is 42.5 Å². The maximum absolute atomic E-state index is 14.2. The van der Waals surface area contributed by atoms with Crippen LogP contribution in [-0.4, -0.2) is 62.1 Å². The van der Waals surface area contributed by atoms with Gasteiger partial charge in [0.05, 0.1) is 24.7 Å². The van der Waals surface area contributed by atoms with Gasteiger partial charge in [-0.15, -0.1) is 0 Å². The van der Waals surface area contributed by atoms with Crippen molar-refractivity contribution < 1.29 is 14.4 Å². The number of carbonyl (C=O) groups excluding carboxylic acids is 3. The summed E-state index contributed by atoms with van der Waals surface area (Å²) >= 11 is 0. The molecule has 1 aromatic heterocycles. The monoisotopic (exact) mass is 763 g/mol. The molecule has 294 valence electrons. The molecule has 0 radical (unpaired) electrons. The molecule has 1 fully saturated rings. The van der Waals surface area contributed by atoms with Crippen LogP contribution in [0.1, 0.15) is 60.0 Å². The minimum Gasteiger partial charge on any atom is -0.399 e. The molecule has 3 aromatic carbocycles. The average Bonchev–Trinajstić information content (AvgIpc) is 3.44. The third-order valence-corrected chi connectivity index (χ3v) is 10.2. The Bertz CT molecular complexity index is 2210. The average molecular weight is 764 g/mol. The zero-order valence-corrected chi connectivity index (χ0v) is 31.2. The van der Waals surface area contributed by atoms with E-state index in [0.29, 0.717) is 62.4 Å². The first-order chi connectivity index (χ1) is 27.0. The summed E-state index contributed by atoms with van der Waals surface area (Å²) in [7, 11) is 0. The fourth-order valence-electron chi connectivity index (χ4n) is 7.25. The SMILES string of the molecule is NCc1ccc(CNC(=O)C2C=CC(C3CCN(C(=O)CCCNC(=O)Cc4ccc(N)cc4)CC3)n3c(=O)n(Cc4cccc(N=C(N)N)c4)c(=O)n32)cc1. The molecule has 0 bridgehead atoms. The zero-order valence-electron chi connectivity index (χ0n) is 31.2. The number of amides is 3. The van der Waals surface area contributed by atoms with Gasteiger partial charge in [0.25, 0.3) is 0 Å². The van der Waals surface area contributed by atoms with Gasteiger partial charge >= 0.3 is 11.4 Å². The van der Waals surface area contributed by atoms with Crippen molar-refractivity contribution in [2.24, 2.45) is 28.1 Å². The summed E-state index contributed by atoms with van der Waals surface area (Å²) in [5.41, 5.74) is 25.8. The van der Waals surface area contributed by atoms with E-state index in [2.05, 4.69) is 15.6 Å². The minimum atomic E-state index is -1.07. The van der Waals surface area contributed by atoms with E-state index < -0.39 is 29.4 Å². The largest absolute Gasteiger partial charge is 0.399 e. The number of allylic oxidation sites excluding steroid dienone is 1. The molecule has 3 heterocycles. The molecule has 2 unspecified atom stereocenters. The molecule has 16 heteroatoms. The molecule has 16 nitrogen and oxygen atoms in total. The molecule has 3 amide bonds. The van der Waals surface area contributed by atoms with Crippen LogP contribution in [-0.2, 0) is 40.4 Å². The van der Waals surface area contributed by atoms with E-state index in [0.717, 1.165) is 21.3 Å². The van der Waals surface area contributed by atoms with Gasteiger partial charge in [-0.1, -0.05) is 60.7 Å². The highest BCUT2D eigenvalue weighted by Crippen LogP contribution is 2.33. The Morgan fingerprint density at radius 3 is 2.18 bits per heavy atom. The number of anilines is 1. The predicted octanol–water partition coefficient (Wildman–Crippen LogP) is 1.15. The Kier molecular flexibility index (Phi) is 12.5. The van der Waals surface area contributed by atoms with E-state index in [1.54, 1.807) is 47.4 Å². The summed E-state index contributed by atoms with van der Waals surface area (Å²) < 4.78 is 3.77. The number of aromatic nitrogens is 3. The van der Waals surface area contributed by atoms with Crippen LogP contribution in [0.3, 0.4) is 0 Å². The number of nitrogens with one attached hydrogen (secondary N) is 2. The minimum absolute atomic E-state index is 0.00647. The Balaban J connectivity index is 1.13. The number of aliphatic imine (C=N–C) groups is 1. The smallest absolute Gasteiger partial charge is 0.348 e. The summed E-state index contributed by atoms with van der Waals surface area (Å²) in [5.74, 6) is -0.778. The summed E-state index contributed by atoms with van der Waals surface area (Å²) in [6.45, 7) is 1.89. The van der Waals surface area contributed by atoms with Crippen molar-refractivity contribution in [3.63, 3.8) is 0 Å². The number of piperidine rings is 1. The number of guanidine groups is 1. The van der Waals surface area contributed by atoms with Crippen LogP contribution in [0.5, 0.6) is 0 Å². The van der Waals surface area contributed by atoms with Crippen LogP contribution in [0.2, 0.25) is 0 Å². The van der Waals surface area contributed by atoms with Crippen molar-refractivity contribution in [3.05, 3.63) is 128 Å². The summed E-state index contributed by atoms with van der Waals surface area (Å²) in [6, 6.07) is 20.0. The molecule has 2 aliphatic rings. The van der Waals surface area contributed by atoms with Gasteiger partial charge in [-0.05, 0) is 71.7 Å². The molecule has 10 N–H and O–H groups in total. The molecular weight excluding hydrogens is 715 g/mol. The molecular formula is C40H49N11O5. The fourth-order valence-corrected chi connectivity index (χ4v) is 7.25. The number of benzene rings is 3. The van der Waals surface area contributed by atoms with Gasteiger partial charge in [0, 0.05) is 44.8 Å². The molecule has 0 aliphatic carbocycles. The van der Waals surface area contributed by atoms with E-state index in [9.17, 15) is 24.0 Å². The van der Waals surface area contributed by atoms with Crippen molar-refractivity contribution >= 4 is 35.1 Å². The van der Waals surface area contributed by atoms with Gasteiger partial charge < -0.3 is 38.5 Å². The van der Waals surface area contributed by atoms with Crippen LogP contribution in [0.25, 0.3) is 0 Å². The highest BCUT2D eigenvalue weighted by atomic mass is 16.2. The molecule has 1 saturated heterocycles. The van der Waals surface area contributed by atoms with Crippen molar-refractivity contribution in [2.75, 3.05) is 25.4 Å². The van der Waals surface area contributed by atoms with Crippen LogP contribution in [0.15, 0.2) is 99.5 Å². The lowest BCUT2D eigenvalue weighted by atomic mass is 9.88. The normalized spacial score (nSPS) is 16.6. The number of nitrogens with two attached hydrogens (primary N) is 4. The van der Waals surface area contributed by atoms with E-state index in [1.165, 1.54) is 9.36 Å². The number of rotatable bonds is 14. The van der Waals surface area contributed by atoms with Crippen molar-refractivity contribution in [3.8, 4) is 0 Å². The Morgan fingerprint density at radius 1 is 0.804 bits per heavy atom. The molecule has 0 spiro atoms. The van der Waals surface area contributed by atoms with Crippen LogP contribution >= 0.6 is 0 Å². The first kappa shape index (κ1) is 39.3. The van der Waals surface area contributed by atoms with Crippen LogP contribution in [0, 0.1) is 5.92 Å². The quantitative estimate of drug-likeness (QED) is 0.0354. The standard InChI is InChI=1S/C40H49N11O5/c41-23-27-6-8-28(9-7-27)24-46-37(54)34-15-14-33(50-39(55)49(40(56)51(34)50)25-29-3-1-4-32(21-29)47-38(43)44)30-16-19-48(20-17-30)36(53)5-2-18-45-35(52)22-26-10-12-31(42)13-11-26/h1,3-4,6-15,21,30,33-34H,2,5,16-20,22-25,41-42H2,(H,45,52)(H,46,54)(H4,43,44,47). The first-order valence-electron chi connectivity index (χ1n) is 18.8. The predicted molar refractivity (Wildman–Crippen MR) is 213 cm³/mol. The number of carbonyl (C=O) groups is 3. The highest BCUT2D eigenvalue weighted by Gasteiger charge is 2.37. The Morgan fingerprint density at radius 2 is 1.48 bits per heavy atom. The number of fused-ring (bicyclic) bond motifs is 1. The molecule has 56 heavy (non-hydrogen) atoms. The van der Waals surface area contributed by atoms with Crippen LogP contribution in [0.4, 0.5) is 11.4 Å². The number of likely N-dealkylation sites (tertiary alicyclic amines) is 1. The number of nitrogen functional groups attached to an aromatic ring is 1. The summed E-state index contributed by atoms with van der Waals surface area (Å²) in [4.78, 5) is 73.4. The second kappa shape index (κ2) is 17.8. The van der Waals surface area contributed by atoms with Crippen molar-refractivity contribution in [1.82, 2.24) is 29.5 Å². The van der Waals surface area contributed by atoms with Crippen molar-refractivity contribution in [2.45, 2.75) is 63.8 Å². The van der Waals surface area contributed by atoms with Gasteiger partial charge in [-0.25, -0.2) is 28.5 Å². The maximum Gasteiger partial charge on any atom is 0.348 e. The van der Waals surface area contributed by atoms with Crippen molar-refractivity contribution in [1.29, 1.82) is 0 Å². The molecule has 2 atom stereocenters. The van der Waals surface area contributed by atoms with Gasteiger partial charge in [0.15, 0.2) is 12.0 Å². The molecule has 4 aromatic rings. The lowest BCUT2D eigenvalue weighted by Crippen LogP contribution is -2.46. The van der Waals surface area contributed by atoms with Crippen LogP contribution < -0.4 is 44.9 Å². The summed E-state index contributed by atoms with van der Waals surface area (Å²) in [5, 5.41) is 5.79. The zero-order chi connectivity index (χ0) is 39.8. The summed E-state index contributed by atoms with van der Waals surface area (Å²) in [6.07, 6.45) is 5.71. The lowest BCUT2D eigenvalue weighted by molar-refractivity contribution is -0.133. The molecule has 6 rings (SSSR count). The Labute approximate surface area is 323 Å². The lowest BCUT2D eigenvalue weighted by Gasteiger charge is -2.37. The van der Waals surface area contributed by atoms with E-state index in [4.69, 9.17) is 22.9 Å². The number of nitrogens with zero attached hydrogens (tertiary/aromatic N) is 5. The van der Waals surface area contributed by atoms with Gasteiger partial charge in [-0.3, -0.25) is 14.4 Å². The third-order valence-electron chi connectivity index (χ3n) is 10.2. The topological polar surface area (TPSA) is 244 Å². The molecule has 0 saturated carbocycles. The highest BCUT2D eigenvalue weighted by molar-refractivity contribution is 5.82. The second-order valence-corrected chi connectivity index (χ2v) is 14.2. The molecule has 2 aliphatic heterocycles. The van der Waals surface area contributed by atoms with Gasteiger partial charge in [-0.2, -0.15) is 0 Å². The third kappa shape index (κ3) is 9.44. The van der Waals surface area contributed by atoms with E-state index >= 15 is 0 Å². The van der Waals surface area contributed by atoms with Gasteiger partial charge in [0.1, 0.15) is 0 Å². The maximum atomic E-state index is 14.2. The van der Waals surface area contributed by atoms with Gasteiger partial charge in [0.2, 0.25) is 17.7 Å². The fraction of sp³-hybridized carbons (Fsp3) is 0.350. The Hall–Kier alpha value is -6.42. The second-order valence-electron chi connectivity index (χ2n) is 14.2. The van der Waals surface area contributed by atoms with E-state index in [-0.39, 0.29) is 49.6 Å². The number of hydrogen-bond donors (Lipinski definition) is 6. The first-order valence-corrected chi connectivity index (χ1v) is 18.8.